The lowest BCUT2D eigenvalue weighted by molar-refractivity contribution is -0.143. The lowest BCUT2D eigenvalue weighted by Crippen LogP contribution is -2.43. The standard InChI is InChI=1S/C24H26N2O5/c1-15(10-11-21(27)26-24(12-13-24)22(28)29)25-23(30)31-14-20-18-8-4-2-6-16(18)17-7-3-5-9-19(17)20/h2-9,15,20H,10-14H2,1H3,(H,25,30)(H,26,27)(H,28,29). The van der Waals surface area contributed by atoms with Gasteiger partial charge in [-0.1, -0.05) is 48.5 Å². The van der Waals surface area contributed by atoms with Crippen molar-refractivity contribution >= 4 is 18.0 Å². The maximum absolute atomic E-state index is 12.3. The number of carbonyl (C=O) groups is 3. The average molecular weight is 422 g/mol. The van der Waals surface area contributed by atoms with Crippen LogP contribution in [0.2, 0.25) is 0 Å². The number of hydrogen-bond donors (Lipinski definition) is 3. The molecule has 31 heavy (non-hydrogen) atoms. The van der Waals surface area contributed by atoms with E-state index in [9.17, 15) is 14.4 Å². The van der Waals surface area contributed by atoms with Gasteiger partial charge in [0, 0.05) is 18.4 Å². The molecule has 0 spiro atoms. The molecule has 7 nitrogen and oxygen atoms in total. The van der Waals surface area contributed by atoms with Gasteiger partial charge in [0.15, 0.2) is 0 Å². The van der Waals surface area contributed by atoms with Gasteiger partial charge in [0.2, 0.25) is 5.91 Å². The fraction of sp³-hybridized carbons (Fsp3) is 0.375. The molecule has 2 aromatic rings. The molecule has 2 aliphatic carbocycles. The zero-order valence-electron chi connectivity index (χ0n) is 17.4. The zero-order chi connectivity index (χ0) is 22.0. The fourth-order valence-electron chi connectivity index (χ4n) is 4.11. The molecule has 0 aliphatic heterocycles. The molecule has 4 rings (SSSR count). The van der Waals surface area contributed by atoms with Crippen molar-refractivity contribution in [3.63, 3.8) is 0 Å². The summed E-state index contributed by atoms with van der Waals surface area (Å²) in [5, 5.41) is 14.5. The van der Waals surface area contributed by atoms with Crippen LogP contribution in [0.3, 0.4) is 0 Å². The predicted molar refractivity (Wildman–Crippen MR) is 115 cm³/mol. The van der Waals surface area contributed by atoms with Crippen molar-refractivity contribution in [3.8, 4) is 11.1 Å². The van der Waals surface area contributed by atoms with Gasteiger partial charge in [-0.05, 0) is 48.4 Å². The quantitative estimate of drug-likeness (QED) is 0.605. The minimum absolute atomic E-state index is 0.00927. The Bertz CT molecular complexity index is 969. The Labute approximate surface area is 180 Å². The van der Waals surface area contributed by atoms with Crippen molar-refractivity contribution < 1.29 is 24.2 Å². The van der Waals surface area contributed by atoms with Crippen LogP contribution in [-0.2, 0) is 14.3 Å². The third-order valence-corrected chi connectivity index (χ3v) is 6.05. The Balaban J connectivity index is 1.26. The van der Waals surface area contributed by atoms with Crippen molar-refractivity contribution in [3.05, 3.63) is 59.7 Å². The topological polar surface area (TPSA) is 105 Å². The number of carboxylic acid groups (broad SMARTS) is 1. The van der Waals surface area contributed by atoms with Crippen LogP contribution in [0.25, 0.3) is 11.1 Å². The molecule has 0 aromatic heterocycles. The van der Waals surface area contributed by atoms with Gasteiger partial charge in [-0.2, -0.15) is 0 Å². The van der Waals surface area contributed by atoms with E-state index in [1.807, 2.05) is 24.3 Å². The number of carbonyl (C=O) groups excluding carboxylic acids is 2. The molecule has 2 aliphatic rings. The van der Waals surface area contributed by atoms with E-state index in [0.29, 0.717) is 19.3 Å². The second kappa shape index (κ2) is 8.41. The van der Waals surface area contributed by atoms with E-state index in [1.165, 1.54) is 11.1 Å². The molecular weight excluding hydrogens is 396 g/mol. The summed E-state index contributed by atoms with van der Waals surface area (Å²) in [5.74, 6) is -1.32. The van der Waals surface area contributed by atoms with Crippen LogP contribution in [0, 0.1) is 0 Å². The minimum atomic E-state index is -1.08. The first-order valence-corrected chi connectivity index (χ1v) is 10.6. The highest BCUT2D eigenvalue weighted by molar-refractivity contribution is 5.89. The summed E-state index contributed by atoms with van der Waals surface area (Å²) >= 11 is 0. The molecule has 0 saturated heterocycles. The second-order valence-corrected chi connectivity index (χ2v) is 8.35. The summed E-state index contributed by atoms with van der Waals surface area (Å²) in [4.78, 5) is 35.5. The Morgan fingerprint density at radius 2 is 1.65 bits per heavy atom. The number of carboxylic acids is 1. The fourth-order valence-corrected chi connectivity index (χ4v) is 4.11. The maximum Gasteiger partial charge on any atom is 0.407 e. The highest BCUT2D eigenvalue weighted by Gasteiger charge is 2.51. The largest absolute Gasteiger partial charge is 0.480 e. The Hall–Kier alpha value is -3.35. The first kappa shape index (κ1) is 20.9. The monoisotopic (exact) mass is 422 g/mol. The summed E-state index contributed by atoms with van der Waals surface area (Å²) in [6.07, 6.45) is 0.924. The van der Waals surface area contributed by atoms with Crippen LogP contribution in [0.4, 0.5) is 4.79 Å². The van der Waals surface area contributed by atoms with E-state index in [1.54, 1.807) is 6.92 Å². The van der Waals surface area contributed by atoms with Crippen molar-refractivity contribution in [2.24, 2.45) is 0 Å². The number of fused-ring (bicyclic) bond motifs is 3. The first-order chi connectivity index (χ1) is 14.9. The van der Waals surface area contributed by atoms with Gasteiger partial charge in [-0.25, -0.2) is 9.59 Å². The zero-order valence-corrected chi connectivity index (χ0v) is 17.4. The van der Waals surface area contributed by atoms with Gasteiger partial charge in [-0.15, -0.1) is 0 Å². The van der Waals surface area contributed by atoms with Crippen molar-refractivity contribution in [1.29, 1.82) is 0 Å². The molecule has 162 valence electrons. The Morgan fingerprint density at radius 3 is 2.19 bits per heavy atom. The molecule has 0 bridgehead atoms. The van der Waals surface area contributed by atoms with Gasteiger partial charge in [0.1, 0.15) is 12.1 Å². The van der Waals surface area contributed by atoms with Crippen LogP contribution in [0.1, 0.15) is 49.7 Å². The normalized spacial score (nSPS) is 16.5. The van der Waals surface area contributed by atoms with Crippen LogP contribution >= 0.6 is 0 Å². The summed E-state index contributed by atoms with van der Waals surface area (Å²) in [6, 6.07) is 16.0. The SMILES string of the molecule is CC(CCC(=O)NC1(C(=O)O)CC1)NC(=O)OCC1c2ccccc2-c2ccccc21. The lowest BCUT2D eigenvalue weighted by Gasteiger charge is -2.18. The summed E-state index contributed by atoms with van der Waals surface area (Å²) in [7, 11) is 0. The first-order valence-electron chi connectivity index (χ1n) is 10.6. The van der Waals surface area contributed by atoms with Gasteiger partial charge in [0.25, 0.3) is 0 Å². The lowest BCUT2D eigenvalue weighted by atomic mass is 9.98. The highest BCUT2D eigenvalue weighted by Crippen LogP contribution is 2.44. The third kappa shape index (κ3) is 4.40. The average Bonchev–Trinajstić information content (AvgIpc) is 3.47. The molecule has 1 fully saturated rings. The Morgan fingerprint density at radius 1 is 1.06 bits per heavy atom. The number of amides is 2. The Kier molecular flexibility index (Phi) is 5.67. The predicted octanol–water partition coefficient (Wildman–Crippen LogP) is 3.43. The molecule has 1 saturated carbocycles. The summed E-state index contributed by atoms with van der Waals surface area (Å²) in [5.41, 5.74) is 3.55. The minimum Gasteiger partial charge on any atom is -0.480 e. The number of alkyl carbamates (subject to hydrolysis) is 1. The molecule has 2 aromatic carbocycles. The molecule has 0 radical (unpaired) electrons. The number of ether oxygens (including phenoxy) is 1. The number of rotatable bonds is 8. The van der Waals surface area contributed by atoms with Crippen molar-refractivity contribution in [2.45, 2.75) is 50.1 Å². The van der Waals surface area contributed by atoms with Crippen LogP contribution < -0.4 is 10.6 Å². The van der Waals surface area contributed by atoms with Gasteiger partial charge < -0.3 is 20.5 Å². The maximum atomic E-state index is 12.3. The number of benzene rings is 2. The van der Waals surface area contributed by atoms with Gasteiger partial charge in [0.05, 0.1) is 0 Å². The van der Waals surface area contributed by atoms with E-state index < -0.39 is 17.6 Å². The molecule has 1 atom stereocenters. The van der Waals surface area contributed by atoms with Crippen LogP contribution in [0.15, 0.2) is 48.5 Å². The summed E-state index contributed by atoms with van der Waals surface area (Å²) in [6.45, 7) is 2.02. The van der Waals surface area contributed by atoms with Crippen molar-refractivity contribution in [1.82, 2.24) is 10.6 Å². The highest BCUT2D eigenvalue weighted by atomic mass is 16.5. The van der Waals surface area contributed by atoms with E-state index >= 15 is 0 Å². The number of hydrogen-bond acceptors (Lipinski definition) is 4. The van der Waals surface area contributed by atoms with Crippen LogP contribution in [-0.4, -0.2) is 41.3 Å². The molecule has 3 N–H and O–H groups in total. The van der Waals surface area contributed by atoms with Gasteiger partial charge >= 0.3 is 12.1 Å². The third-order valence-electron chi connectivity index (χ3n) is 6.05. The smallest absolute Gasteiger partial charge is 0.407 e. The second-order valence-electron chi connectivity index (χ2n) is 8.35. The van der Waals surface area contributed by atoms with Crippen molar-refractivity contribution in [2.75, 3.05) is 6.61 Å². The van der Waals surface area contributed by atoms with E-state index in [-0.39, 0.29) is 30.9 Å². The number of aliphatic carboxylic acids is 1. The van der Waals surface area contributed by atoms with E-state index in [4.69, 9.17) is 9.84 Å². The molecule has 0 heterocycles. The van der Waals surface area contributed by atoms with E-state index in [2.05, 4.69) is 34.9 Å². The molecule has 2 amide bonds. The number of nitrogens with one attached hydrogen (secondary N) is 2. The molecular formula is C24H26N2O5. The summed E-state index contributed by atoms with van der Waals surface area (Å²) < 4.78 is 5.51. The van der Waals surface area contributed by atoms with E-state index in [0.717, 1.165) is 11.1 Å². The molecule has 7 heteroatoms. The van der Waals surface area contributed by atoms with Gasteiger partial charge in [-0.3, -0.25) is 4.79 Å². The molecule has 1 unspecified atom stereocenters. The van der Waals surface area contributed by atoms with Crippen LogP contribution in [0.5, 0.6) is 0 Å².